The summed E-state index contributed by atoms with van der Waals surface area (Å²) in [4.78, 5) is 0. The molecular formula is C13H18ClNO3S. The Labute approximate surface area is 122 Å². The standard InChI is InChI=1S/C13H18ClNO3S/c14-11-6-10(7-12-13(11)18-9-17-12)8-15-2-5-19-4-1-3-16/h6-7,15-16H,1-5,8-9H2. The van der Waals surface area contributed by atoms with Crippen molar-refractivity contribution in [2.45, 2.75) is 13.0 Å². The lowest BCUT2D eigenvalue weighted by Gasteiger charge is -2.07. The summed E-state index contributed by atoms with van der Waals surface area (Å²) in [5.41, 5.74) is 1.09. The van der Waals surface area contributed by atoms with Gasteiger partial charge in [-0.3, -0.25) is 0 Å². The normalized spacial score (nSPS) is 12.9. The first-order valence-corrected chi connectivity index (χ1v) is 7.82. The summed E-state index contributed by atoms with van der Waals surface area (Å²) in [7, 11) is 0. The van der Waals surface area contributed by atoms with Crippen molar-refractivity contribution in [1.29, 1.82) is 0 Å². The van der Waals surface area contributed by atoms with Crippen molar-refractivity contribution in [3.8, 4) is 11.5 Å². The van der Waals surface area contributed by atoms with Crippen LogP contribution >= 0.6 is 23.4 Å². The zero-order chi connectivity index (χ0) is 13.5. The zero-order valence-electron chi connectivity index (χ0n) is 10.7. The largest absolute Gasteiger partial charge is 0.454 e. The second kappa shape index (κ2) is 7.85. The van der Waals surface area contributed by atoms with E-state index in [-0.39, 0.29) is 13.4 Å². The molecule has 1 aromatic rings. The summed E-state index contributed by atoms with van der Waals surface area (Å²) in [5.74, 6) is 3.42. The topological polar surface area (TPSA) is 50.7 Å². The van der Waals surface area contributed by atoms with Crippen molar-refractivity contribution in [3.05, 3.63) is 22.7 Å². The Hall–Kier alpha value is -0.620. The highest BCUT2D eigenvalue weighted by molar-refractivity contribution is 7.99. The van der Waals surface area contributed by atoms with Gasteiger partial charge < -0.3 is 19.9 Å². The predicted octanol–water partition coefficient (Wildman–Crippen LogP) is 2.27. The van der Waals surface area contributed by atoms with Crippen molar-refractivity contribution < 1.29 is 14.6 Å². The van der Waals surface area contributed by atoms with Crippen molar-refractivity contribution >= 4 is 23.4 Å². The van der Waals surface area contributed by atoms with E-state index >= 15 is 0 Å². The summed E-state index contributed by atoms with van der Waals surface area (Å²) in [5, 5.41) is 12.6. The number of halogens is 1. The van der Waals surface area contributed by atoms with Crippen LogP contribution in [-0.2, 0) is 6.54 Å². The van der Waals surface area contributed by atoms with Gasteiger partial charge in [-0.1, -0.05) is 11.6 Å². The van der Waals surface area contributed by atoms with Gasteiger partial charge >= 0.3 is 0 Å². The van der Waals surface area contributed by atoms with Crippen molar-refractivity contribution in [3.63, 3.8) is 0 Å². The van der Waals surface area contributed by atoms with Gasteiger partial charge in [-0.15, -0.1) is 0 Å². The minimum Gasteiger partial charge on any atom is -0.454 e. The van der Waals surface area contributed by atoms with Crippen molar-refractivity contribution in [1.82, 2.24) is 5.32 Å². The Morgan fingerprint density at radius 2 is 2.21 bits per heavy atom. The smallest absolute Gasteiger partial charge is 0.231 e. The maximum absolute atomic E-state index is 8.66. The van der Waals surface area contributed by atoms with E-state index in [0.717, 1.165) is 42.3 Å². The van der Waals surface area contributed by atoms with Crippen molar-refractivity contribution in [2.24, 2.45) is 0 Å². The minimum atomic E-state index is 0.243. The van der Waals surface area contributed by atoms with Gasteiger partial charge in [0.15, 0.2) is 11.5 Å². The third-order valence-corrected chi connectivity index (χ3v) is 4.04. The van der Waals surface area contributed by atoms with Gasteiger partial charge in [-0.25, -0.2) is 0 Å². The Kier molecular flexibility index (Phi) is 6.10. The second-order valence-electron chi connectivity index (χ2n) is 4.18. The number of ether oxygens (including phenoxy) is 2. The lowest BCUT2D eigenvalue weighted by atomic mass is 10.2. The van der Waals surface area contributed by atoms with Crippen LogP contribution in [0.5, 0.6) is 11.5 Å². The van der Waals surface area contributed by atoms with E-state index in [9.17, 15) is 0 Å². The molecule has 4 nitrogen and oxygen atoms in total. The van der Waals surface area contributed by atoms with Crippen LogP contribution in [0.15, 0.2) is 12.1 Å². The molecule has 1 aliphatic heterocycles. The first-order chi connectivity index (χ1) is 9.31. The molecule has 0 saturated heterocycles. The average molecular weight is 304 g/mol. The summed E-state index contributed by atoms with van der Waals surface area (Å²) in [6, 6.07) is 3.86. The van der Waals surface area contributed by atoms with E-state index in [4.69, 9.17) is 26.2 Å². The molecule has 2 rings (SSSR count). The predicted molar refractivity (Wildman–Crippen MR) is 78.3 cm³/mol. The maximum atomic E-state index is 8.66. The molecule has 0 bridgehead atoms. The van der Waals surface area contributed by atoms with Gasteiger partial charge in [-0.2, -0.15) is 11.8 Å². The molecule has 0 atom stereocenters. The van der Waals surface area contributed by atoms with Crippen LogP contribution in [0.2, 0.25) is 5.02 Å². The number of aliphatic hydroxyl groups is 1. The minimum absolute atomic E-state index is 0.243. The molecule has 0 unspecified atom stereocenters. The number of nitrogens with one attached hydrogen (secondary N) is 1. The number of rotatable bonds is 8. The highest BCUT2D eigenvalue weighted by Crippen LogP contribution is 2.39. The molecule has 0 amide bonds. The quantitative estimate of drug-likeness (QED) is 0.722. The molecule has 0 radical (unpaired) electrons. The molecule has 0 fully saturated rings. The monoisotopic (exact) mass is 303 g/mol. The summed E-state index contributed by atoms with van der Waals surface area (Å²) < 4.78 is 10.6. The third-order valence-electron chi connectivity index (χ3n) is 2.69. The van der Waals surface area contributed by atoms with Crippen LogP contribution in [0.3, 0.4) is 0 Å². The molecule has 2 N–H and O–H groups in total. The molecule has 1 aromatic carbocycles. The average Bonchev–Trinajstić information content (AvgIpc) is 2.86. The van der Waals surface area contributed by atoms with Crippen LogP contribution in [0.1, 0.15) is 12.0 Å². The van der Waals surface area contributed by atoms with Gasteiger partial charge in [0.1, 0.15) is 0 Å². The molecule has 0 aliphatic carbocycles. The van der Waals surface area contributed by atoms with E-state index in [1.807, 2.05) is 23.9 Å². The molecule has 1 heterocycles. The molecule has 1 aliphatic rings. The molecule has 0 saturated carbocycles. The Balaban J connectivity index is 1.70. The molecule has 0 aromatic heterocycles. The summed E-state index contributed by atoms with van der Waals surface area (Å²) >= 11 is 7.95. The van der Waals surface area contributed by atoms with E-state index in [2.05, 4.69) is 5.32 Å². The van der Waals surface area contributed by atoms with E-state index in [1.54, 1.807) is 0 Å². The number of thioether (sulfide) groups is 1. The SMILES string of the molecule is OCCCSCCNCc1cc(Cl)c2c(c1)OCO2. The third kappa shape index (κ3) is 4.45. The molecule has 19 heavy (non-hydrogen) atoms. The van der Waals surface area contributed by atoms with Crippen LogP contribution < -0.4 is 14.8 Å². The van der Waals surface area contributed by atoms with Crippen LogP contribution in [0, 0.1) is 0 Å². The molecule has 6 heteroatoms. The van der Waals surface area contributed by atoms with Crippen LogP contribution in [-0.4, -0.2) is 36.6 Å². The first kappa shape index (κ1) is 14.8. The second-order valence-corrected chi connectivity index (χ2v) is 5.81. The Bertz CT molecular complexity index is 417. The zero-order valence-corrected chi connectivity index (χ0v) is 12.2. The van der Waals surface area contributed by atoms with Gasteiger partial charge in [0.05, 0.1) is 5.02 Å². The fourth-order valence-corrected chi connectivity index (χ4v) is 2.88. The van der Waals surface area contributed by atoms with E-state index in [0.29, 0.717) is 10.8 Å². The van der Waals surface area contributed by atoms with Crippen LogP contribution in [0.25, 0.3) is 0 Å². The van der Waals surface area contributed by atoms with Crippen molar-refractivity contribution in [2.75, 3.05) is 31.5 Å². The van der Waals surface area contributed by atoms with Gasteiger partial charge in [0.2, 0.25) is 6.79 Å². The van der Waals surface area contributed by atoms with E-state index in [1.165, 1.54) is 0 Å². The number of aliphatic hydroxyl groups excluding tert-OH is 1. The number of benzene rings is 1. The molecular weight excluding hydrogens is 286 g/mol. The van der Waals surface area contributed by atoms with Gasteiger partial charge in [-0.05, 0) is 29.9 Å². The highest BCUT2D eigenvalue weighted by atomic mass is 35.5. The Morgan fingerprint density at radius 1 is 1.32 bits per heavy atom. The van der Waals surface area contributed by atoms with Gasteiger partial charge in [0.25, 0.3) is 0 Å². The summed E-state index contributed by atoms with van der Waals surface area (Å²) in [6.07, 6.45) is 0.864. The molecule has 106 valence electrons. The number of hydrogen-bond donors (Lipinski definition) is 2. The lowest BCUT2D eigenvalue weighted by molar-refractivity contribution is 0.174. The highest BCUT2D eigenvalue weighted by Gasteiger charge is 2.17. The van der Waals surface area contributed by atoms with E-state index < -0.39 is 0 Å². The Morgan fingerprint density at radius 3 is 3.05 bits per heavy atom. The fraction of sp³-hybridized carbons (Fsp3) is 0.538. The summed E-state index contributed by atoms with van der Waals surface area (Å²) in [6.45, 7) is 2.21. The fourth-order valence-electron chi connectivity index (χ4n) is 1.77. The van der Waals surface area contributed by atoms with Crippen LogP contribution in [0.4, 0.5) is 0 Å². The maximum Gasteiger partial charge on any atom is 0.231 e. The number of fused-ring (bicyclic) bond motifs is 1. The lowest BCUT2D eigenvalue weighted by Crippen LogP contribution is -2.16. The molecule has 0 spiro atoms. The number of hydrogen-bond acceptors (Lipinski definition) is 5. The first-order valence-electron chi connectivity index (χ1n) is 6.28. The van der Waals surface area contributed by atoms with Gasteiger partial charge in [0, 0.05) is 25.4 Å².